The van der Waals surface area contributed by atoms with Crippen LogP contribution in [0.4, 0.5) is 0 Å². The molecule has 1 unspecified atom stereocenters. The summed E-state index contributed by atoms with van der Waals surface area (Å²) in [4.78, 5) is 0. The third kappa shape index (κ3) is 3.47. The van der Waals surface area contributed by atoms with Gasteiger partial charge in [0.1, 0.15) is 12.4 Å². The van der Waals surface area contributed by atoms with Crippen molar-refractivity contribution in [3.63, 3.8) is 0 Å². The van der Waals surface area contributed by atoms with Gasteiger partial charge in [-0.3, -0.25) is 0 Å². The van der Waals surface area contributed by atoms with Gasteiger partial charge in [0.15, 0.2) is 0 Å². The molecule has 1 aromatic rings. The maximum atomic E-state index is 5.59. The van der Waals surface area contributed by atoms with Crippen LogP contribution in [0.3, 0.4) is 0 Å². The number of hydrogen-bond donors (Lipinski definition) is 1. The van der Waals surface area contributed by atoms with Gasteiger partial charge in [-0.15, -0.1) is 0 Å². The monoisotopic (exact) mass is 179 g/mol. The summed E-state index contributed by atoms with van der Waals surface area (Å²) in [7, 11) is 0. The summed E-state index contributed by atoms with van der Waals surface area (Å²) in [6, 6.07) is 6.25. The van der Waals surface area contributed by atoms with Gasteiger partial charge in [-0.2, -0.15) is 0 Å². The van der Waals surface area contributed by atoms with Gasteiger partial charge in [0, 0.05) is 6.04 Å². The van der Waals surface area contributed by atoms with E-state index in [4.69, 9.17) is 10.5 Å². The number of nitrogens with two attached hydrogens (primary N) is 1. The summed E-state index contributed by atoms with van der Waals surface area (Å²) in [6.07, 6.45) is 0. The molecule has 13 heavy (non-hydrogen) atoms. The molecule has 0 saturated carbocycles. The minimum absolute atomic E-state index is 0.0841. The highest BCUT2D eigenvalue weighted by atomic mass is 16.5. The lowest BCUT2D eigenvalue weighted by atomic mass is 10.1. The highest BCUT2D eigenvalue weighted by Gasteiger charge is 1.98. The standard InChI is InChI=1S/C11H17NO/c1-8-4-9(2)6-11(5-8)13-7-10(3)12/h4-6,10H,7,12H2,1-3H3. The van der Waals surface area contributed by atoms with Crippen molar-refractivity contribution in [1.29, 1.82) is 0 Å². The Morgan fingerprint density at radius 3 is 2.23 bits per heavy atom. The third-order valence-corrected chi connectivity index (χ3v) is 1.71. The molecular formula is C11H17NO. The van der Waals surface area contributed by atoms with Crippen molar-refractivity contribution in [3.05, 3.63) is 29.3 Å². The molecule has 1 atom stereocenters. The normalized spacial score (nSPS) is 12.6. The Labute approximate surface area is 79.7 Å². The van der Waals surface area contributed by atoms with Gasteiger partial charge < -0.3 is 10.5 Å². The van der Waals surface area contributed by atoms with Crippen LogP contribution in [0.1, 0.15) is 18.1 Å². The summed E-state index contributed by atoms with van der Waals surface area (Å²) >= 11 is 0. The number of rotatable bonds is 3. The molecule has 72 valence electrons. The third-order valence-electron chi connectivity index (χ3n) is 1.71. The Balaban J connectivity index is 2.66. The van der Waals surface area contributed by atoms with Gasteiger partial charge in [0.2, 0.25) is 0 Å². The molecule has 0 spiro atoms. The van der Waals surface area contributed by atoms with Crippen LogP contribution in [0.2, 0.25) is 0 Å². The zero-order valence-electron chi connectivity index (χ0n) is 8.50. The van der Waals surface area contributed by atoms with Gasteiger partial charge in [0.05, 0.1) is 0 Å². The van der Waals surface area contributed by atoms with Gasteiger partial charge >= 0.3 is 0 Å². The SMILES string of the molecule is Cc1cc(C)cc(OCC(C)N)c1. The van der Waals surface area contributed by atoms with Crippen molar-refractivity contribution in [2.24, 2.45) is 5.73 Å². The molecule has 0 aliphatic carbocycles. The molecule has 0 fully saturated rings. The van der Waals surface area contributed by atoms with Crippen LogP contribution < -0.4 is 10.5 Å². The lowest BCUT2D eigenvalue weighted by molar-refractivity contribution is 0.296. The summed E-state index contributed by atoms with van der Waals surface area (Å²) in [6.45, 7) is 6.63. The smallest absolute Gasteiger partial charge is 0.119 e. The van der Waals surface area contributed by atoms with Gasteiger partial charge in [-0.25, -0.2) is 0 Å². The summed E-state index contributed by atoms with van der Waals surface area (Å²) in [5, 5.41) is 0. The number of hydrogen-bond acceptors (Lipinski definition) is 2. The first-order valence-electron chi connectivity index (χ1n) is 4.54. The van der Waals surface area contributed by atoms with Crippen LogP contribution in [0.15, 0.2) is 18.2 Å². The summed E-state index contributed by atoms with van der Waals surface area (Å²) in [5.74, 6) is 0.912. The number of aryl methyl sites for hydroxylation is 2. The molecule has 0 aliphatic heterocycles. The predicted molar refractivity (Wildman–Crippen MR) is 55.1 cm³/mol. The van der Waals surface area contributed by atoms with Crippen LogP contribution in [-0.4, -0.2) is 12.6 Å². The molecule has 0 heterocycles. The second-order valence-electron chi connectivity index (χ2n) is 3.61. The Kier molecular flexibility index (Phi) is 3.32. The molecule has 2 N–H and O–H groups in total. The fourth-order valence-corrected chi connectivity index (χ4v) is 1.24. The van der Waals surface area contributed by atoms with Crippen LogP contribution >= 0.6 is 0 Å². The molecular weight excluding hydrogens is 162 g/mol. The minimum Gasteiger partial charge on any atom is -0.492 e. The average Bonchev–Trinajstić information content (AvgIpc) is 1.99. The van der Waals surface area contributed by atoms with Gasteiger partial charge in [0.25, 0.3) is 0 Å². The quantitative estimate of drug-likeness (QED) is 0.770. The highest BCUT2D eigenvalue weighted by molar-refractivity contribution is 5.32. The van der Waals surface area contributed by atoms with E-state index in [0.29, 0.717) is 6.61 Å². The van der Waals surface area contributed by atoms with Crippen LogP contribution in [-0.2, 0) is 0 Å². The van der Waals surface area contributed by atoms with E-state index in [1.807, 2.05) is 19.1 Å². The molecule has 0 radical (unpaired) electrons. The van der Waals surface area contributed by atoms with E-state index in [1.165, 1.54) is 11.1 Å². The molecule has 0 bridgehead atoms. The van der Waals surface area contributed by atoms with E-state index in [9.17, 15) is 0 Å². The molecule has 2 heteroatoms. The second kappa shape index (κ2) is 4.28. The number of ether oxygens (including phenoxy) is 1. The van der Waals surface area contributed by atoms with Crippen molar-refractivity contribution < 1.29 is 4.74 Å². The van der Waals surface area contributed by atoms with Crippen molar-refractivity contribution >= 4 is 0 Å². The molecule has 1 aromatic carbocycles. The molecule has 0 saturated heterocycles. The van der Waals surface area contributed by atoms with Crippen molar-refractivity contribution in [2.45, 2.75) is 26.8 Å². The number of benzene rings is 1. The van der Waals surface area contributed by atoms with Crippen LogP contribution in [0.25, 0.3) is 0 Å². The zero-order valence-corrected chi connectivity index (χ0v) is 8.50. The molecule has 0 aliphatic rings. The Morgan fingerprint density at radius 1 is 1.23 bits per heavy atom. The predicted octanol–water partition coefficient (Wildman–Crippen LogP) is 2.03. The topological polar surface area (TPSA) is 35.2 Å². The van der Waals surface area contributed by atoms with Gasteiger partial charge in [-0.05, 0) is 44.0 Å². The minimum atomic E-state index is 0.0841. The lowest BCUT2D eigenvalue weighted by Crippen LogP contribution is -2.23. The van der Waals surface area contributed by atoms with Gasteiger partial charge in [-0.1, -0.05) is 6.07 Å². The first-order chi connectivity index (χ1) is 6.08. The molecule has 0 aromatic heterocycles. The Bertz CT molecular complexity index is 261. The first-order valence-corrected chi connectivity index (χ1v) is 4.54. The summed E-state index contributed by atoms with van der Waals surface area (Å²) < 4.78 is 5.50. The zero-order chi connectivity index (χ0) is 9.84. The van der Waals surface area contributed by atoms with E-state index >= 15 is 0 Å². The Hall–Kier alpha value is -1.02. The van der Waals surface area contributed by atoms with Crippen LogP contribution in [0.5, 0.6) is 5.75 Å². The molecule has 1 rings (SSSR count). The van der Waals surface area contributed by atoms with Crippen molar-refractivity contribution in [2.75, 3.05) is 6.61 Å². The van der Waals surface area contributed by atoms with E-state index in [0.717, 1.165) is 5.75 Å². The highest BCUT2D eigenvalue weighted by Crippen LogP contribution is 2.15. The Morgan fingerprint density at radius 2 is 1.77 bits per heavy atom. The average molecular weight is 179 g/mol. The van der Waals surface area contributed by atoms with E-state index in [1.54, 1.807) is 0 Å². The van der Waals surface area contributed by atoms with Crippen molar-refractivity contribution in [3.8, 4) is 5.75 Å². The van der Waals surface area contributed by atoms with E-state index in [-0.39, 0.29) is 6.04 Å². The maximum Gasteiger partial charge on any atom is 0.119 e. The first kappa shape index (κ1) is 10.1. The molecule has 0 amide bonds. The largest absolute Gasteiger partial charge is 0.492 e. The lowest BCUT2D eigenvalue weighted by Gasteiger charge is -2.09. The summed E-state index contributed by atoms with van der Waals surface area (Å²) in [5.41, 5.74) is 8.04. The van der Waals surface area contributed by atoms with Crippen LogP contribution in [0, 0.1) is 13.8 Å². The fraction of sp³-hybridized carbons (Fsp3) is 0.455. The van der Waals surface area contributed by atoms with E-state index in [2.05, 4.69) is 19.9 Å². The fourth-order valence-electron chi connectivity index (χ4n) is 1.24. The maximum absolute atomic E-state index is 5.59. The van der Waals surface area contributed by atoms with Crippen molar-refractivity contribution in [1.82, 2.24) is 0 Å². The molecule has 2 nitrogen and oxygen atoms in total. The van der Waals surface area contributed by atoms with E-state index < -0.39 is 0 Å². The second-order valence-corrected chi connectivity index (χ2v) is 3.61.